The predicted octanol–water partition coefficient (Wildman–Crippen LogP) is 6.43. The van der Waals surface area contributed by atoms with E-state index < -0.39 is 0 Å². The summed E-state index contributed by atoms with van der Waals surface area (Å²) < 4.78 is 5.99. The average Bonchev–Trinajstić information content (AvgIpc) is 3.10. The standard InChI is InChI=1S/C38H46N4O2/c1-44-37-35-5-3-2-4-32(35)14-15-36(37)33-18-22-42(23-19-33)25-24-41-20-16-29(17-21-41)27-40-38(43)34-12-10-31(11-13-34)30-8-6-28(26-39)7-9-30/h6-15,29,33H,2-5,16-25,27H2,1H3,(H,40,43). The van der Waals surface area contributed by atoms with E-state index in [1.165, 1.54) is 74.1 Å². The Morgan fingerprint density at radius 3 is 2.09 bits per heavy atom. The molecule has 6 rings (SSSR count). The summed E-state index contributed by atoms with van der Waals surface area (Å²) in [6.07, 6.45) is 9.67. The van der Waals surface area contributed by atoms with E-state index in [4.69, 9.17) is 10.00 Å². The number of piperidine rings is 2. The molecule has 1 N–H and O–H groups in total. The minimum Gasteiger partial charge on any atom is -0.496 e. The van der Waals surface area contributed by atoms with Crippen LogP contribution in [0.4, 0.5) is 0 Å². The molecule has 0 unspecified atom stereocenters. The molecule has 2 aliphatic heterocycles. The smallest absolute Gasteiger partial charge is 0.251 e. The Bertz CT molecular complexity index is 1440. The lowest BCUT2D eigenvalue weighted by atomic mass is 9.83. The summed E-state index contributed by atoms with van der Waals surface area (Å²) in [7, 11) is 1.86. The molecule has 2 heterocycles. The third-order valence-electron chi connectivity index (χ3n) is 10.2. The summed E-state index contributed by atoms with van der Waals surface area (Å²) in [6.45, 7) is 7.59. The van der Waals surface area contributed by atoms with Crippen LogP contribution < -0.4 is 10.1 Å². The molecule has 6 nitrogen and oxygen atoms in total. The molecule has 0 atom stereocenters. The van der Waals surface area contributed by atoms with Gasteiger partial charge in [-0.1, -0.05) is 36.4 Å². The Morgan fingerprint density at radius 2 is 1.45 bits per heavy atom. The maximum Gasteiger partial charge on any atom is 0.251 e. The molecule has 0 saturated carbocycles. The van der Waals surface area contributed by atoms with Crippen molar-refractivity contribution in [3.63, 3.8) is 0 Å². The van der Waals surface area contributed by atoms with Crippen molar-refractivity contribution in [1.29, 1.82) is 5.26 Å². The first-order valence-corrected chi connectivity index (χ1v) is 16.6. The van der Waals surface area contributed by atoms with Crippen molar-refractivity contribution < 1.29 is 9.53 Å². The van der Waals surface area contributed by atoms with Gasteiger partial charge in [0.2, 0.25) is 0 Å². The van der Waals surface area contributed by atoms with Gasteiger partial charge in [-0.3, -0.25) is 4.79 Å². The number of methoxy groups -OCH3 is 1. The van der Waals surface area contributed by atoms with Crippen molar-refractivity contribution in [3.8, 4) is 22.9 Å². The van der Waals surface area contributed by atoms with Crippen LogP contribution in [0.5, 0.6) is 5.75 Å². The number of likely N-dealkylation sites (tertiary alicyclic amines) is 2. The third kappa shape index (κ3) is 7.17. The normalized spacial score (nSPS) is 18.4. The largest absolute Gasteiger partial charge is 0.496 e. The van der Waals surface area contributed by atoms with E-state index in [-0.39, 0.29) is 5.91 Å². The number of hydrogen-bond acceptors (Lipinski definition) is 5. The van der Waals surface area contributed by atoms with Gasteiger partial charge in [0, 0.05) is 25.2 Å². The summed E-state index contributed by atoms with van der Waals surface area (Å²) >= 11 is 0. The van der Waals surface area contributed by atoms with Crippen LogP contribution in [0.2, 0.25) is 0 Å². The summed E-state index contributed by atoms with van der Waals surface area (Å²) in [4.78, 5) is 18.1. The first kappa shape index (κ1) is 30.4. The van der Waals surface area contributed by atoms with E-state index in [2.05, 4.69) is 33.3 Å². The number of carbonyl (C=O) groups excluding carboxylic acids is 1. The van der Waals surface area contributed by atoms with Crippen molar-refractivity contribution in [1.82, 2.24) is 15.1 Å². The van der Waals surface area contributed by atoms with Crippen molar-refractivity contribution in [2.75, 3.05) is 52.9 Å². The average molecular weight is 591 g/mol. The molecular formula is C38H46N4O2. The number of fused-ring (bicyclic) bond motifs is 1. The molecule has 0 spiro atoms. The highest BCUT2D eigenvalue weighted by molar-refractivity contribution is 5.94. The number of hydrogen-bond donors (Lipinski definition) is 1. The van der Waals surface area contributed by atoms with Gasteiger partial charge in [-0.05, 0) is 141 Å². The van der Waals surface area contributed by atoms with Gasteiger partial charge in [0.25, 0.3) is 5.91 Å². The van der Waals surface area contributed by atoms with Gasteiger partial charge >= 0.3 is 0 Å². The zero-order valence-corrected chi connectivity index (χ0v) is 26.2. The summed E-state index contributed by atoms with van der Waals surface area (Å²) in [5, 5.41) is 12.2. The van der Waals surface area contributed by atoms with Gasteiger partial charge in [-0.2, -0.15) is 5.26 Å². The summed E-state index contributed by atoms with van der Waals surface area (Å²) in [5.41, 5.74) is 7.85. The van der Waals surface area contributed by atoms with Crippen LogP contribution in [-0.4, -0.2) is 68.6 Å². The second-order valence-electron chi connectivity index (χ2n) is 12.9. The second-order valence-corrected chi connectivity index (χ2v) is 12.9. The maximum absolute atomic E-state index is 12.8. The summed E-state index contributed by atoms with van der Waals surface area (Å²) in [6, 6.07) is 22.1. The number of nitrogens with zero attached hydrogens (tertiary/aromatic N) is 3. The Kier molecular flexibility index (Phi) is 9.95. The van der Waals surface area contributed by atoms with Crippen LogP contribution in [0, 0.1) is 17.2 Å². The van der Waals surface area contributed by atoms with E-state index in [1.807, 2.05) is 55.6 Å². The van der Waals surface area contributed by atoms with Crippen LogP contribution in [0.15, 0.2) is 60.7 Å². The van der Waals surface area contributed by atoms with Crippen LogP contribution in [0.1, 0.15) is 77.1 Å². The lowest BCUT2D eigenvalue weighted by Gasteiger charge is -2.36. The van der Waals surface area contributed by atoms with Gasteiger partial charge in [0.05, 0.1) is 18.7 Å². The van der Waals surface area contributed by atoms with Crippen molar-refractivity contribution >= 4 is 5.91 Å². The molecule has 1 amide bonds. The molecule has 2 fully saturated rings. The molecule has 0 radical (unpaired) electrons. The minimum atomic E-state index is -0.00443. The van der Waals surface area contributed by atoms with E-state index >= 15 is 0 Å². The number of rotatable bonds is 9. The monoisotopic (exact) mass is 590 g/mol. The lowest BCUT2D eigenvalue weighted by Crippen LogP contribution is -2.43. The molecule has 1 aliphatic carbocycles. The molecule has 230 valence electrons. The molecule has 6 heteroatoms. The minimum absolute atomic E-state index is 0.00443. The van der Waals surface area contributed by atoms with Crippen LogP contribution >= 0.6 is 0 Å². The fourth-order valence-corrected chi connectivity index (χ4v) is 7.43. The first-order chi connectivity index (χ1) is 21.6. The molecule has 3 aromatic carbocycles. The lowest BCUT2D eigenvalue weighted by molar-refractivity contribution is 0.0932. The van der Waals surface area contributed by atoms with E-state index in [1.54, 1.807) is 0 Å². The van der Waals surface area contributed by atoms with Crippen molar-refractivity contribution in [3.05, 3.63) is 88.5 Å². The molecular weight excluding hydrogens is 544 g/mol. The zero-order valence-electron chi connectivity index (χ0n) is 26.2. The number of nitrogens with one attached hydrogen (secondary N) is 1. The number of amides is 1. The second kappa shape index (κ2) is 14.4. The highest BCUT2D eigenvalue weighted by Gasteiger charge is 2.27. The van der Waals surface area contributed by atoms with Crippen molar-refractivity contribution in [2.45, 2.75) is 57.3 Å². The van der Waals surface area contributed by atoms with E-state index in [0.29, 0.717) is 23.0 Å². The molecule has 2 saturated heterocycles. The Hall–Kier alpha value is -3.66. The SMILES string of the molecule is COc1c(C2CCN(CCN3CCC(CNC(=O)c4ccc(-c5ccc(C#N)cc5)cc4)CC3)CC2)ccc2c1CCCC2. The number of nitriles is 1. The molecule has 3 aliphatic rings. The van der Waals surface area contributed by atoms with E-state index in [0.717, 1.165) is 56.7 Å². The first-order valence-electron chi connectivity index (χ1n) is 16.6. The maximum atomic E-state index is 12.8. The predicted molar refractivity (Wildman–Crippen MR) is 176 cm³/mol. The number of aryl methyl sites for hydroxylation is 1. The Balaban J connectivity index is 0.894. The highest BCUT2D eigenvalue weighted by Crippen LogP contribution is 2.40. The molecule has 0 aromatic heterocycles. The topological polar surface area (TPSA) is 68.6 Å². The van der Waals surface area contributed by atoms with Gasteiger partial charge in [0.1, 0.15) is 5.75 Å². The Morgan fingerprint density at radius 1 is 0.841 bits per heavy atom. The third-order valence-corrected chi connectivity index (χ3v) is 10.2. The van der Waals surface area contributed by atoms with Gasteiger partial charge in [-0.25, -0.2) is 0 Å². The number of carbonyl (C=O) groups is 1. The molecule has 44 heavy (non-hydrogen) atoms. The fraction of sp³-hybridized carbons (Fsp3) is 0.474. The quantitative estimate of drug-likeness (QED) is 0.311. The number of ether oxygens (including phenoxy) is 1. The van der Waals surface area contributed by atoms with Crippen LogP contribution in [-0.2, 0) is 12.8 Å². The molecule has 0 bridgehead atoms. The van der Waals surface area contributed by atoms with Crippen molar-refractivity contribution in [2.24, 2.45) is 5.92 Å². The van der Waals surface area contributed by atoms with E-state index in [9.17, 15) is 4.79 Å². The van der Waals surface area contributed by atoms with Crippen LogP contribution in [0.3, 0.4) is 0 Å². The fourth-order valence-electron chi connectivity index (χ4n) is 7.43. The number of benzene rings is 3. The Labute approximate surface area is 263 Å². The van der Waals surface area contributed by atoms with Gasteiger partial charge < -0.3 is 19.9 Å². The van der Waals surface area contributed by atoms with Crippen LogP contribution in [0.25, 0.3) is 11.1 Å². The van der Waals surface area contributed by atoms with Gasteiger partial charge in [0.15, 0.2) is 0 Å². The highest BCUT2D eigenvalue weighted by atomic mass is 16.5. The van der Waals surface area contributed by atoms with Gasteiger partial charge in [-0.15, -0.1) is 0 Å². The zero-order chi connectivity index (χ0) is 30.3. The summed E-state index contributed by atoms with van der Waals surface area (Å²) in [5.74, 6) is 2.34. The molecule has 3 aromatic rings.